The highest BCUT2D eigenvalue weighted by Crippen LogP contribution is 2.25. The molecule has 1 rings (SSSR count). The molecule has 74 valence electrons. The minimum Gasteiger partial charge on any atom is -0.275 e. The van der Waals surface area contributed by atoms with E-state index in [1.807, 2.05) is 0 Å². The molecule has 0 amide bonds. The van der Waals surface area contributed by atoms with Crippen molar-refractivity contribution in [2.75, 3.05) is 0 Å². The molecule has 0 saturated heterocycles. The zero-order chi connectivity index (χ0) is 10.9. The van der Waals surface area contributed by atoms with Gasteiger partial charge in [-0.1, -0.05) is 0 Å². The Hall–Kier alpha value is -1.56. The van der Waals surface area contributed by atoms with Gasteiger partial charge in [-0.15, -0.1) is 0 Å². The van der Waals surface area contributed by atoms with Crippen LogP contribution < -0.4 is 0 Å². The Bertz CT molecular complexity index is 422. The fraction of sp³-hybridized carbons (Fsp3) is 0. The normalized spacial score (nSPS) is 9.93. The van der Waals surface area contributed by atoms with Crippen LogP contribution in [0.5, 0.6) is 0 Å². The van der Waals surface area contributed by atoms with Gasteiger partial charge in [-0.2, -0.15) is 4.39 Å². The number of carbonyl (C=O) groups excluding carboxylic acids is 1. The van der Waals surface area contributed by atoms with Gasteiger partial charge in [-0.3, -0.25) is 14.9 Å². The number of nitro benzene ring substituents is 1. The van der Waals surface area contributed by atoms with Gasteiger partial charge in [-0.25, -0.2) is 4.39 Å². The standard InChI is InChI=1S/C7H2ClF2NO3/c8-7(12)4-1-3(9)2-5(10)6(4)11(13)14/h1-2H. The lowest BCUT2D eigenvalue weighted by Gasteiger charge is -1.98. The van der Waals surface area contributed by atoms with Gasteiger partial charge in [0.15, 0.2) is 0 Å². The van der Waals surface area contributed by atoms with Gasteiger partial charge in [0.1, 0.15) is 11.4 Å². The lowest BCUT2D eigenvalue weighted by Crippen LogP contribution is -2.02. The molecule has 0 saturated carbocycles. The Morgan fingerprint density at radius 2 is 2.00 bits per heavy atom. The van der Waals surface area contributed by atoms with Crippen molar-refractivity contribution in [1.82, 2.24) is 0 Å². The highest BCUT2D eigenvalue weighted by atomic mass is 35.5. The van der Waals surface area contributed by atoms with Crippen LogP contribution in [0.15, 0.2) is 12.1 Å². The van der Waals surface area contributed by atoms with Crippen LogP contribution in [0.3, 0.4) is 0 Å². The van der Waals surface area contributed by atoms with Crippen LogP contribution in [-0.2, 0) is 0 Å². The van der Waals surface area contributed by atoms with E-state index in [-0.39, 0.29) is 0 Å². The van der Waals surface area contributed by atoms with Crippen molar-refractivity contribution < 1.29 is 18.5 Å². The molecule has 0 aliphatic rings. The van der Waals surface area contributed by atoms with Crippen LogP contribution >= 0.6 is 11.6 Å². The minimum atomic E-state index is -1.43. The molecule has 1 aromatic carbocycles. The maximum Gasteiger partial charge on any atom is 0.317 e. The van der Waals surface area contributed by atoms with E-state index in [1.54, 1.807) is 0 Å². The third-order valence-electron chi connectivity index (χ3n) is 1.42. The molecule has 0 fully saturated rings. The number of halogens is 3. The summed E-state index contributed by atoms with van der Waals surface area (Å²) in [6.07, 6.45) is 0. The summed E-state index contributed by atoms with van der Waals surface area (Å²) in [5.41, 5.74) is -1.92. The number of hydrogen-bond donors (Lipinski definition) is 0. The monoisotopic (exact) mass is 221 g/mol. The molecule has 7 heteroatoms. The van der Waals surface area contributed by atoms with E-state index in [0.29, 0.717) is 12.1 Å². The summed E-state index contributed by atoms with van der Waals surface area (Å²) in [5, 5.41) is 9.01. The molecule has 0 atom stereocenters. The van der Waals surface area contributed by atoms with Gasteiger partial charge in [-0.05, 0) is 17.7 Å². The molecule has 0 unspecified atom stereocenters. The van der Waals surface area contributed by atoms with Crippen molar-refractivity contribution >= 4 is 22.5 Å². The average Bonchev–Trinajstić information content (AvgIpc) is 2.01. The Balaban J connectivity index is 3.52. The van der Waals surface area contributed by atoms with Crippen LogP contribution in [0.25, 0.3) is 0 Å². The van der Waals surface area contributed by atoms with Crippen molar-refractivity contribution in [1.29, 1.82) is 0 Å². The molecule has 0 heterocycles. The molecule has 0 bridgehead atoms. The van der Waals surface area contributed by atoms with E-state index in [1.165, 1.54) is 0 Å². The molecule has 1 aromatic rings. The van der Waals surface area contributed by atoms with Gasteiger partial charge in [0, 0.05) is 6.07 Å². The quantitative estimate of drug-likeness (QED) is 0.437. The largest absolute Gasteiger partial charge is 0.317 e. The molecule has 14 heavy (non-hydrogen) atoms. The summed E-state index contributed by atoms with van der Waals surface area (Å²) in [4.78, 5) is 19.8. The molecule has 0 aliphatic carbocycles. The van der Waals surface area contributed by atoms with Crippen LogP contribution in [0.4, 0.5) is 14.5 Å². The second kappa shape index (κ2) is 3.67. The van der Waals surface area contributed by atoms with E-state index >= 15 is 0 Å². The number of carbonyl (C=O) groups is 1. The predicted octanol–water partition coefficient (Wildman–Crippen LogP) is 2.25. The van der Waals surface area contributed by atoms with Gasteiger partial charge in [0.05, 0.1) is 4.92 Å². The lowest BCUT2D eigenvalue weighted by molar-refractivity contribution is -0.387. The zero-order valence-corrected chi connectivity index (χ0v) is 7.22. The Labute approximate surface area is 81.2 Å². The van der Waals surface area contributed by atoms with Crippen LogP contribution in [0.2, 0.25) is 0 Å². The zero-order valence-electron chi connectivity index (χ0n) is 6.46. The van der Waals surface area contributed by atoms with Gasteiger partial charge < -0.3 is 0 Å². The minimum absolute atomic E-state index is 0.307. The van der Waals surface area contributed by atoms with E-state index in [9.17, 15) is 23.7 Å². The van der Waals surface area contributed by atoms with Crippen LogP contribution in [0.1, 0.15) is 10.4 Å². The predicted molar refractivity (Wildman–Crippen MR) is 43.2 cm³/mol. The first-order chi connectivity index (χ1) is 6.43. The van der Waals surface area contributed by atoms with Crippen LogP contribution in [0, 0.1) is 21.7 Å². The molecular weight excluding hydrogens is 220 g/mol. The molecule has 0 N–H and O–H groups in total. The second-order valence-electron chi connectivity index (χ2n) is 2.31. The first-order valence-electron chi connectivity index (χ1n) is 3.26. The first kappa shape index (κ1) is 10.5. The van der Waals surface area contributed by atoms with Crippen molar-refractivity contribution in [3.8, 4) is 0 Å². The maximum atomic E-state index is 12.8. The van der Waals surface area contributed by atoms with Crippen molar-refractivity contribution in [2.45, 2.75) is 0 Å². The molecule has 4 nitrogen and oxygen atoms in total. The van der Waals surface area contributed by atoms with Crippen LogP contribution in [-0.4, -0.2) is 10.2 Å². The highest BCUT2D eigenvalue weighted by molar-refractivity contribution is 6.68. The summed E-state index contributed by atoms with van der Waals surface area (Å²) >= 11 is 4.92. The molecule has 0 radical (unpaired) electrons. The summed E-state index contributed by atoms with van der Waals surface area (Å²) in [6.45, 7) is 0. The number of nitro groups is 1. The maximum absolute atomic E-state index is 12.8. The topological polar surface area (TPSA) is 60.2 Å². The van der Waals surface area contributed by atoms with E-state index in [4.69, 9.17) is 11.6 Å². The second-order valence-corrected chi connectivity index (χ2v) is 2.66. The van der Waals surface area contributed by atoms with Gasteiger partial charge in [0.25, 0.3) is 5.24 Å². The number of nitrogens with zero attached hydrogens (tertiary/aromatic N) is 1. The van der Waals surface area contributed by atoms with Crippen molar-refractivity contribution in [2.24, 2.45) is 0 Å². The third kappa shape index (κ3) is 1.85. The average molecular weight is 222 g/mol. The van der Waals surface area contributed by atoms with Crippen molar-refractivity contribution in [3.05, 3.63) is 39.4 Å². The molecule has 0 aromatic heterocycles. The number of benzene rings is 1. The molecule has 0 aliphatic heterocycles. The first-order valence-corrected chi connectivity index (χ1v) is 3.64. The van der Waals surface area contributed by atoms with Gasteiger partial charge >= 0.3 is 5.69 Å². The summed E-state index contributed by atoms with van der Waals surface area (Å²) in [7, 11) is 0. The summed E-state index contributed by atoms with van der Waals surface area (Å²) in [5.74, 6) is -2.53. The van der Waals surface area contributed by atoms with E-state index in [2.05, 4.69) is 0 Å². The Morgan fingerprint density at radius 1 is 1.43 bits per heavy atom. The Morgan fingerprint density at radius 3 is 2.43 bits per heavy atom. The summed E-state index contributed by atoms with van der Waals surface area (Å²) < 4.78 is 25.4. The molecule has 0 spiro atoms. The Kier molecular flexibility index (Phi) is 2.76. The molecular formula is C7H2ClF2NO3. The lowest BCUT2D eigenvalue weighted by atomic mass is 10.2. The summed E-state index contributed by atoms with van der Waals surface area (Å²) in [6, 6.07) is 0.817. The van der Waals surface area contributed by atoms with E-state index < -0.39 is 33.1 Å². The number of hydrogen-bond acceptors (Lipinski definition) is 3. The fourth-order valence-corrected chi connectivity index (χ4v) is 1.05. The van der Waals surface area contributed by atoms with E-state index in [0.717, 1.165) is 0 Å². The SMILES string of the molecule is O=C(Cl)c1cc(F)cc(F)c1[N+](=O)[O-]. The third-order valence-corrected chi connectivity index (χ3v) is 1.63. The highest BCUT2D eigenvalue weighted by Gasteiger charge is 2.25. The fourth-order valence-electron chi connectivity index (χ4n) is 0.901. The van der Waals surface area contributed by atoms with Crippen molar-refractivity contribution in [3.63, 3.8) is 0 Å². The smallest absolute Gasteiger partial charge is 0.275 e. The number of rotatable bonds is 2. The van der Waals surface area contributed by atoms with Gasteiger partial charge in [0.2, 0.25) is 5.82 Å².